The van der Waals surface area contributed by atoms with Gasteiger partial charge in [0.1, 0.15) is 6.04 Å². The van der Waals surface area contributed by atoms with E-state index in [0.717, 1.165) is 24.0 Å². The molecule has 1 saturated heterocycles. The number of carbonyl (C=O) groups excluding carboxylic acids is 1. The first-order valence-electron chi connectivity index (χ1n) is 12.7. The highest BCUT2D eigenvalue weighted by molar-refractivity contribution is 7.89. The van der Waals surface area contributed by atoms with Crippen molar-refractivity contribution < 1.29 is 18.3 Å². The van der Waals surface area contributed by atoms with Crippen molar-refractivity contribution in [2.24, 2.45) is 5.73 Å². The molecule has 0 aliphatic carbocycles. The van der Waals surface area contributed by atoms with Crippen molar-refractivity contribution in [2.45, 2.75) is 68.3 Å². The second kappa shape index (κ2) is 12.5. The SMILES string of the molecule is CC(C)(c1ccccc1)c1cccc(S(=O)(=O)NC(CCCNC(=N)N)C(=O)N2CCCC[C@H]2CO)c1. The molecule has 0 aromatic heterocycles. The number of piperidine rings is 1. The number of amides is 1. The van der Waals surface area contributed by atoms with Crippen LogP contribution in [0.5, 0.6) is 0 Å². The molecule has 2 atom stereocenters. The molecule has 1 aliphatic rings. The van der Waals surface area contributed by atoms with Gasteiger partial charge in [-0.15, -0.1) is 0 Å². The van der Waals surface area contributed by atoms with Crippen LogP contribution in [-0.4, -0.2) is 62.1 Å². The van der Waals surface area contributed by atoms with Gasteiger partial charge in [-0.25, -0.2) is 8.42 Å². The monoisotopic (exact) mass is 529 g/mol. The minimum absolute atomic E-state index is 0.0889. The number of guanidine groups is 1. The van der Waals surface area contributed by atoms with Gasteiger partial charge >= 0.3 is 0 Å². The Morgan fingerprint density at radius 1 is 1.16 bits per heavy atom. The highest BCUT2D eigenvalue weighted by Gasteiger charge is 2.34. The Balaban J connectivity index is 1.86. The first kappa shape index (κ1) is 28.6. The lowest BCUT2D eigenvalue weighted by molar-refractivity contribution is -0.138. The number of carbonyl (C=O) groups is 1. The molecule has 0 saturated carbocycles. The largest absolute Gasteiger partial charge is 0.394 e. The molecule has 37 heavy (non-hydrogen) atoms. The summed E-state index contributed by atoms with van der Waals surface area (Å²) in [7, 11) is -4.03. The highest BCUT2D eigenvalue weighted by atomic mass is 32.2. The molecule has 2 aromatic rings. The van der Waals surface area contributed by atoms with Crippen molar-refractivity contribution in [1.82, 2.24) is 14.9 Å². The Labute approximate surface area is 220 Å². The van der Waals surface area contributed by atoms with Gasteiger partial charge in [0, 0.05) is 18.5 Å². The van der Waals surface area contributed by atoms with E-state index in [4.69, 9.17) is 11.1 Å². The average molecular weight is 530 g/mol. The Hall–Kier alpha value is -2.95. The molecule has 6 N–H and O–H groups in total. The Morgan fingerprint density at radius 3 is 2.54 bits per heavy atom. The lowest BCUT2D eigenvalue weighted by Gasteiger charge is -2.37. The predicted molar refractivity (Wildman–Crippen MR) is 145 cm³/mol. The molecular formula is C27H39N5O4S. The smallest absolute Gasteiger partial charge is 0.241 e. The van der Waals surface area contributed by atoms with Crippen LogP contribution in [0.1, 0.15) is 57.1 Å². The van der Waals surface area contributed by atoms with E-state index < -0.39 is 21.5 Å². The molecule has 0 bridgehead atoms. The van der Waals surface area contributed by atoms with Crippen molar-refractivity contribution in [3.05, 3.63) is 65.7 Å². The Bertz CT molecular complexity index is 1170. The van der Waals surface area contributed by atoms with Crippen molar-refractivity contribution in [2.75, 3.05) is 19.7 Å². The van der Waals surface area contributed by atoms with E-state index in [1.54, 1.807) is 17.0 Å². The van der Waals surface area contributed by atoms with Crippen LogP contribution in [-0.2, 0) is 20.2 Å². The fourth-order valence-electron chi connectivity index (χ4n) is 4.77. The molecule has 1 heterocycles. The number of nitrogens with zero attached hydrogens (tertiary/aromatic N) is 1. The zero-order valence-electron chi connectivity index (χ0n) is 21.6. The van der Waals surface area contributed by atoms with Crippen LogP contribution >= 0.6 is 0 Å². The number of nitrogens with two attached hydrogens (primary N) is 1. The lowest BCUT2D eigenvalue weighted by atomic mass is 9.78. The first-order valence-corrected chi connectivity index (χ1v) is 14.2. The molecule has 9 nitrogen and oxygen atoms in total. The van der Waals surface area contributed by atoms with Crippen molar-refractivity contribution in [3.8, 4) is 0 Å². The van der Waals surface area contributed by atoms with E-state index in [9.17, 15) is 18.3 Å². The molecular weight excluding hydrogens is 490 g/mol. The van der Waals surface area contributed by atoms with Crippen LogP contribution in [0, 0.1) is 5.41 Å². The summed E-state index contributed by atoms with van der Waals surface area (Å²) in [5.41, 5.74) is 6.82. The lowest BCUT2D eigenvalue weighted by Crippen LogP contribution is -2.54. The number of aliphatic hydroxyl groups is 1. The predicted octanol–water partition coefficient (Wildman–Crippen LogP) is 2.30. The number of aliphatic hydroxyl groups excluding tert-OH is 1. The van der Waals surface area contributed by atoms with Crippen molar-refractivity contribution >= 4 is 21.9 Å². The van der Waals surface area contributed by atoms with Gasteiger partial charge in [-0.05, 0) is 55.4 Å². The van der Waals surface area contributed by atoms with Gasteiger partial charge in [-0.3, -0.25) is 10.2 Å². The van der Waals surface area contributed by atoms with Crippen LogP contribution in [0.2, 0.25) is 0 Å². The molecule has 0 radical (unpaired) electrons. The van der Waals surface area contributed by atoms with Crippen LogP contribution in [0.3, 0.4) is 0 Å². The van der Waals surface area contributed by atoms with Crippen LogP contribution < -0.4 is 15.8 Å². The number of rotatable bonds is 11. The third-order valence-corrected chi connectivity index (χ3v) is 8.53. The van der Waals surface area contributed by atoms with Gasteiger partial charge in [0.05, 0.1) is 17.5 Å². The van der Waals surface area contributed by atoms with E-state index in [2.05, 4.69) is 10.0 Å². The maximum atomic E-state index is 13.5. The van der Waals surface area contributed by atoms with Crippen LogP contribution in [0.4, 0.5) is 0 Å². The first-order chi connectivity index (χ1) is 17.6. The molecule has 0 spiro atoms. The van der Waals surface area contributed by atoms with Crippen LogP contribution in [0.25, 0.3) is 0 Å². The molecule has 202 valence electrons. The molecule has 1 fully saturated rings. The normalized spacial score (nSPS) is 17.3. The summed E-state index contributed by atoms with van der Waals surface area (Å²) >= 11 is 0. The second-order valence-corrected chi connectivity index (χ2v) is 11.8. The van der Waals surface area contributed by atoms with E-state index in [1.165, 1.54) is 6.07 Å². The van der Waals surface area contributed by atoms with Gasteiger partial charge in [0.25, 0.3) is 0 Å². The maximum Gasteiger partial charge on any atom is 0.241 e. The number of nitrogens with one attached hydrogen (secondary N) is 3. The Morgan fingerprint density at radius 2 is 1.86 bits per heavy atom. The summed E-state index contributed by atoms with van der Waals surface area (Å²) in [5, 5.41) is 19.8. The molecule has 3 rings (SSSR count). The standard InChI is InChI=1S/C27H39N5O4S/c1-27(2,20-10-4-3-5-11-20)21-12-8-14-23(18-21)37(35,36)31-24(15-9-16-30-26(28)29)25(34)32-17-7-6-13-22(32)19-33/h3-5,8,10-12,14,18,22,24,31,33H,6-7,9,13,15-17,19H2,1-2H3,(H4,28,29,30)/t22-,24?/m0/s1. The van der Waals surface area contributed by atoms with Crippen LogP contribution in [0.15, 0.2) is 59.5 Å². The third kappa shape index (κ3) is 7.30. The minimum atomic E-state index is -4.03. The highest BCUT2D eigenvalue weighted by Crippen LogP contribution is 2.32. The summed E-state index contributed by atoms with van der Waals surface area (Å²) in [5.74, 6) is -0.524. The fourth-order valence-corrected chi connectivity index (χ4v) is 6.04. The maximum absolute atomic E-state index is 13.5. The van der Waals surface area contributed by atoms with E-state index in [-0.39, 0.29) is 35.8 Å². The molecule has 10 heteroatoms. The van der Waals surface area contributed by atoms with Gasteiger partial charge in [-0.2, -0.15) is 4.72 Å². The zero-order valence-corrected chi connectivity index (χ0v) is 22.4. The third-order valence-electron chi connectivity index (χ3n) is 7.06. The second-order valence-electron chi connectivity index (χ2n) is 10.0. The quantitative estimate of drug-likeness (QED) is 0.171. The van der Waals surface area contributed by atoms with Gasteiger partial charge < -0.3 is 21.1 Å². The van der Waals surface area contributed by atoms with E-state index in [1.807, 2.05) is 50.2 Å². The van der Waals surface area contributed by atoms with Gasteiger partial charge in [0.2, 0.25) is 15.9 Å². The summed E-state index contributed by atoms with van der Waals surface area (Å²) in [6.45, 7) is 4.75. The zero-order chi connectivity index (χ0) is 27.1. The molecule has 1 amide bonds. The summed E-state index contributed by atoms with van der Waals surface area (Å²) < 4.78 is 29.7. The number of hydrogen-bond donors (Lipinski definition) is 5. The van der Waals surface area contributed by atoms with Crippen molar-refractivity contribution in [3.63, 3.8) is 0 Å². The summed E-state index contributed by atoms with van der Waals surface area (Å²) in [4.78, 5) is 15.2. The van der Waals surface area contributed by atoms with Gasteiger partial charge in [-0.1, -0.05) is 56.3 Å². The fraction of sp³-hybridized carbons (Fsp3) is 0.481. The minimum Gasteiger partial charge on any atom is -0.394 e. The number of likely N-dealkylation sites (tertiary alicyclic amines) is 1. The molecule has 1 unspecified atom stereocenters. The van der Waals surface area contributed by atoms with E-state index in [0.29, 0.717) is 25.9 Å². The number of benzene rings is 2. The average Bonchev–Trinajstić information content (AvgIpc) is 2.90. The molecule has 1 aliphatic heterocycles. The summed E-state index contributed by atoms with van der Waals surface area (Å²) in [6.07, 6.45) is 3.06. The topological polar surface area (TPSA) is 149 Å². The van der Waals surface area contributed by atoms with E-state index >= 15 is 0 Å². The Kier molecular flexibility index (Phi) is 9.69. The number of sulfonamides is 1. The molecule has 2 aromatic carbocycles. The van der Waals surface area contributed by atoms with Crippen molar-refractivity contribution in [1.29, 1.82) is 5.41 Å². The van der Waals surface area contributed by atoms with Gasteiger partial charge in [0.15, 0.2) is 5.96 Å². The summed E-state index contributed by atoms with van der Waals surface area (Å²) in [6, 6.07) is 15.4. The number of hydrogen-bond acceptors (Lipinski definition) is 5.